The molecule has 4 aliphatic carbocycles. The highest BCUT2D eigenvalue weighted by molar-refractivity contribution is 14.1. The summed E-state index contributed by atoms with van der Waals surface area (Å²) in [6.45, 7) is 3.27. The zero-order valence-corrected chi connectivity index (χ0v) is 13.1. The number of ether oxygens (including phenoxy) is 1. The summed E-state index contributed by atoms with van der Waals surface area (Å²) in [5.41, 5.74) is 0.257. The monoisotopic (exact) mass is 364 g/mol. The van der Waals surface area contributed by atoms with Crippen LogP contribution in [0.1, 0.15) is 45.4 Å². The van der Waals surface area contributed by atoms with Gasteiger partial charge in [0, 0.05) is 0 Å². The molecule has 0 amide bonds. The van der Waals surface area contributed by atoms with E-state index < -0.39 is 0 Å². The molecule has 4 saturated carbocycles. The average Bonchev–Trinajstić information content (AvgIpc) is 2.25. The fraction of sp³-hybridized carbons (Fsp3) is 0.929. The minimum absolute atomic E-state index is 0.0521. The fourth-order valence-electron chi connectivity index (χ4n) is 5.28. The van der Waals surface area contributed by atoms with E-state index in [2.05, 4.69) is 6.92 Å². The Labute approximate surface area is 123 Å². The highest BCUT2D eigenvalue weighted by Crippen LogP contribution is 2.65. The molecule has 0 aromatic rings. The summed E-state index contributed by atoms with van der Waals surface area (Å²) in [5.74, 6) is 1.59. The van der Waals surface area contributed by atoms with Gasteiger partial charge in [-0.1, -0.05) is 6.92 Å². The molecule has 102 valence electrons. The predicted molar refractivity (Wildman–Crippen MR) is 76.2 cm³/mol. The molecule has 4 heteroatoms. The van der Waals surface area contributed by atoms with Gasteiger partial charge in [0.15, 0.2) is 0 Å². The van der Waals surface area contributed by atoms with Crippen LogP contribution < -0.4 is 0 Å². The van der Waals surface area contributed by atoms with E-state index >= 15 is 0 Å². The van der Waals surface area contributed by atoms with Crippen LogP contribution in [0, 0.1) is 22.7 Å². The van der Waals surface area contributed by atoms with Crippen molar-refractivity contribution in [2.24, 2.45) is 22.7 Å². The number of carbonyl (C=O) groups excluding carboxylic acids is 1. The molecule has 0 saturated heterocycles. The van der Waals surface area contributed by atoms with Gasteiger partial charge in [-0.15, -0.1) is 0 Å². The number of hydrogen-bond donors (Lipinski definition) is 0. The van der Waals surface area contributed by atoms with Crippen LogP contribution >= 0.6 is 23.0 Å². The molecule has 0 spiro atoms. The number of hydrogen-bond acceptors (Lipinski definition) is 3. The minimum atomic E-state index is -0.149. The van der Waals surface area contributed by atoms with E-state index in [1.807, 2.05) is 23.0 Å². The van der Waals surface area contributed by atoms with Gasteiger partial charge in [-0.25, -0.2) is 0 Å². The van der Waals surface area contributed by atoms with Crippen molar-refractivity contribution in [3.8, 4) is 0 Å². The van der Waals surface area contributed by atoms with Crippen LogP contribution in [-0.4, -0.2) is 19.2 Å². The summed E-state index contributed by atoms with van der Waals surface area (Å²) in [4.78, 5) is 12.4. The lowest BCUT2D eigenvalue weighted by Crippen LogP contribution is -2.54. The molecular weight excluding hydrogens is 343 g/mol. The Hall–Kier alpha value is 0.160. The first kappa shape index (κ1) is 13.2. The number of esters is 1. The lowest BCUT2D eigenvalue weighted by molar-refractivity contribution is -0.179. The zero-order chi connectivity index (χ0) is 12.8. The summed E-state index contributed by atoms with van der Waals surface area (Å²) < 4.78 is 10.4. The Morgan fingerprint density at radius 1 is 1.22 bits per heavy atom. The molecule has 3 nitrogen and oxygen atoms in total. The van der Waals surface area contributed by atoms with Crippen molar-refractivity contribution in [2.75, 3.05) is 13.2 Å². The van der Waals surface area contributed by atoms with Crippen LogP contribution in [0.15, 0.2) is 0 Å². The smallest absolute Gasteiger partial charge is 0.312 e. The molecule has 2 unspecified atom stereocenters. The lowest BCUT2D eigenvalue weighted by Gasteiger charge is -2.59. The molecule has 0 N–H and O–H groups in total. The first-order chi connectivity index (χ1) is 8.55. The number of carbonyl (C=O) groups is 1. The molecular formula is C14H21IO3. The summed E-state index contributed by atoms with van der Waals surface area (Å²) in [5, 5.41) is 0. The van der Waals surface area contributed by atoms with E-state index in [9.17, 15) is 4.79 Å². The van der Waals surface area contributed by atoms with Gasteiger partial charge in [0.25, 0.3) is 0 Å². The Morgan fingerprint density at radius 3 is 2.44 bits per heavy atom. The Bertz CT molecular complexity index is 341. The van der Waals surface area contributed by atoms with Gasteiger partial charge >= 0.3 is 5.97 Å². The van der Waals surface area contributed by atoms with E-state index in [0.717, 1.165) is 31.1 Å². The second-order valence-electron chi connectivity index (χ2n) is 7.00. The summed E-state index contributed by atoms with van der Waals surface area (Å²) in [7, 11) is 0. The van der Waals surface area contributed by atoms with Gasteiger partial charge in [-0.2, -0.15) is 0 Å². The summed E-state index contributed by atoms with van der Waals surface area (Å²) in [6.07, 6.45) is 7.20. The van der Waals surface area contributed by atoms with Gasteiger partial charge in [-0.3, -0.25) is 4.79 Å². The molecule has 0 aromatic carbocycles. The Kier molecular flexibility index (Phi) is 3.37. The van der Waals surface area contributed by atoms with Crippen LogP contribution in [-0.2, 0) is 12.6 Å². The van der Waals surface area contributed by atoms with Crippen molar-refractivity contribution >= 4 is 29.0 Å². The van der Waals surface area contributed by atoms with E-state index in [4.69, 9.17) is 7.80 Å². The van der Waals surface area contributed by atoms with Crippen molar-refractivity contribution in [1.29, 1.82) is 0 Å². The molecule has 4 bridgehead atoms. The zero-order valence-electron chi connectivity index (χ0n) is 10.9. The summed E-state index contributed by atoms with van der Waals surface area (Å²) in [6, 6.07) is 0. The topological polar surface area (TPSA) is 35.5 Å². The third kappa shape index (κ3) is 2.19. The second kappa shape index (κ2) is 4.62. The minimum Gasteiger partial charge on any atom is -0.463 e. The van der Waals surface area contributed by atoms with Gasteiger partial charge < -0.3 is 7.80 Å². The molecule has 0 radical (unpaired) electrons. The summed E-state index contributed by atoms with van der Waals surface area (Å²) >= 11 is 1.84. The quantitative estimate of drug-likeness (QED) is 0.435. The van der Waals surface area contributed by atoms with Crippen molar-refractivity contribution in [3.63, 3.8) is 0 Å². The maximum absolute atomic E-state index is 12.4. The van der Waals surface area contributed by atoms with E-state index in [1.54, 1.807) is 0 Å². The Balaban J connectivity index is 1.72. The normalized spacial score (nSPS) is 45.2. The van der Waals surface area contributed by atoms with E-state index in [-0.39, 0.29) is 11.4 Å². The molecule has 4 rings (SSSR count). The van der Waals surface area contributed by atoms with Gasteiger partial charge in [0.05, 0.1) is 12.0 Å². The predicted octanol–water partition coefficient (Wildman–Crippen LogP) is 3.50. The first-order valence-corrected chi connectivity index (χ1v) is 7.84. The number of rotatable bonds is 4. The molecule has 2 atom stereocenters. The molecule has 18 heavy (non-hydrogen) atoms. The molecule has 4 fully saturated rings. The largest absolute Gasteiger partial charge is 0.463 e. The second-order valence-corrected chi connectivity index (χ2v) is 7.62. The molecule has 0 aromatic heterocycles. The van der Waals surface area contributed by atoms with Crippen molar-refractivity contribution in [2.45, 2.75) is 45.4 Å². The maximum Gasteiger partial charge on any atom is 0.312 e. The molecule has 0 heterocycles. The Morgan fingerprint density at radius 2 is 1.89 bits per heavy atom. The van der Waals surface area contributed by atoms with Crippen LogP contribution in [0.4, 0.5) is 0 Å². The molecule has 0 aliphatic heterocycles. The van der Waals surface area contributed by atoms with Crippen LogP contribution in [0.25, 0.3) is 0 Å². The lowest BCUT2D eigenvalue weighted by atomic mass is 9.44. The van der Waals surface area contributed by atoms with E-state index in [1.165, 1.54) is 19.3 Å². The van der Waals surface area contributed by atoms with Crippen LogP contribution in [0.5, 0.6) is 0 Å². The SMILES string of the molecule is CC12CC3CC(C1)CC(C(=O)OCCOI)(C3)C2. The van der Waals surface area contributed by atoms with Crippen LogP contribution in [0.2, 0.25) is 0 Å². The van der Waals surface area contributed by atoms with Crippen molar-refractivity contribution in [3.05, 3.63) is 0 Å². The van der Waals surface area contributed by atoms with Crippen LogP contribution in [0.3, 0.4) is 0 Å². The standard InChI is InChI=1S/C14H21IO3/c1-13-5-10-4-11(6-13)8-14(7-10,9-13)12(16)17-2-3-18-15/h10-11H,2-9H2,1H3. The third-order valence-electron chi connectivity index (χ3n) is 5.18. The first-order valence-electron chi connectivity index (χ1n) is 6.96. The van der Waals surface area contributed by atoms with Gasteiger partial charge in [-0.05, 0) is 55.8 Å². The highest BCUT2D eigenvalue weighted by Gasteiger charge is 2.59. The van der Waals surface area contributed by atoms with Gasteiger partial charge in [0.1, 0.15) is 29.6 Å². The molecule has 4 aliphatic rings. The maximum atomic E-state index is 12.4. The number of halogens is 1. The highest BCUT2D eigenvalue weighted by atomic mass is 127. The van der Waals surface area contributed by atoms with Crippen molar-refractivity contribution < 1.29 is 12.6 Å². The average molecular weight is 364 g/mol. The van der Waals surface area contributed by atoms with E-state index in [0.29, 0.717) is 18.6 Å². The van der Waals surface area contributed by atoms with Gasteiger partial charge in [0.2, 0.25) is 0 Å². The fourth-order valence-corrected chi connectivity index (χ4v) is 5.46. The van der Waals surface area contributed by atoms with Crippen molar-refractivity contribution in [1.82, 2.24) is 0 Å². The third-order valence-corrected chi connectivity index (χ3v) is 5.62.